The van der Waals surface area contributed by atoms with Crippen LogP contribution in [0.5, 0.6) is 0 Å². The van der Waals surface area contributed by atoms with Gasteiger partial charge >= 0.3 is 0 Å². The maximum Gasteiger partial charge on any atom is 0.243 e. The van der Waals surface area contributed by atoms with Crippen LogP contribution in [-0.2, 0) is 11.2 Å². The number of rotatable bonds is 4. The number of aliphatic hydroxyl groups excluding tert-OH is 1. The summed E-state index contributed by atoms with van der Waals surface area (Å²) in [6, 6.07) is 7.37. The van der Waals surface area contributed by atoms with Crippen LogP contribution in [0.15, 0.2) is 24.3 Å². The number of amides is 1. The van der Waals surface area contributed by atoms with Crippen LogP contribution in [0.4, 0.5) is 5.13 Å². The molecule has 0 radical (unpaired) electrons. The van der Waals surface area contributed by atoms with E-state index in [0.29, 0.717) is 23.1 Å². The van der Waals surface area contributed by atoms with Gasteiger partial charge in [-0.15, -0.1) is 23.7 Å². The second kappa shape index (κ2) is 8.27. The van der Waals surface area contributed by atoms with E-state index in [4.69, 9.17) is 11.6 Å². The first-order valence-corrected chi connectivity index (χ1v) is 8.64. The van der Waals surface area contributed by atoms with E-state index in [-0.39, 0.29) is 24.4 Å². The van der Waals surface area contributed by atoms with Gasteiger partial charge in [0.15, 0.2) is 5.13 Å². The number of aliphatic hydroxyl groups is 1. The molecule has 1 aromatic heterocycles. The summed E-state index contributed by atoms with van der Waals surface area (Å²) in [6.07, 6.45) is 0.716. The number of nitrogens with one attached hydrogen (secondary N) is 2. The largest absolute Gasteiger partial charge is 0.392 e. The molecule has 2 atom stereocenters. The second-order valence-corrected chi connectivity index (χ2v) is 7.19. The van der Waals surface area contributed by atoms with Crippen LogP contribution in [0.3, 0.4) is 0 Å². The summed E-state index contributed by atoms with van der Waals surface area (Å²) in [5, 5.41) is 16.6. The van der Waals surface area contributed by atoms with E-state index in [0.717, 1.165) is 22.6 Å². The Kier molecular flexibility index (Phi) is 6.60. The van der Waals surface area contributed by atoms with Gasteiger partial charge in [-0.05, 0) is 31.0 Å². The van der Waals surface area contributed by atoms with Crippen LogP contribution >= 0.6 is 35.3 Å². The van der Waals surface area contributed by atoms with Gasteiger partial charge in [0.05, 0.1) is 17.8 Å². The van der Waals surface area contributed by atoms with Crippen molar-refractivity contribution in [1.82, 2.24) is 10.3 Å². The summed E-state index contributed by atoms with van der Waals surface area (Å²) < 4.78 is 0. The predicted molar refractivity (Wildman–Crippen MR) is 99.4 cm³/mol. The third-order valence-corrected chi connectivity index (χ3v) is 5.11. The molecule has 8 heteroatoms. The Morgan fingerprint density at radius 1 is 1.54 bits per heavy atom. The van der Waals surface area contributed by atoms with Gasteiger partial charge in [-0.25, -0.2) is 4.98 Å². The first-order chi connectivity index (χ1) is 11.0. The Balaban J connectivity index is 0.00000208. The van der Waals surface area contributed by atoms with Crippen molar-refractivity contribution in [3.8, 4) is 0 Å². The first kappa shape index (κ1) is 19.1. The molecule has 24 heavy (non-hydrogen) atoms. The number of nitrogens with zero attached hydrogens (tertiary/aromatic N) is 1. The molecule has 0 bridgehead atoms. The number of benzene rings is 1. The normalized spacial score (nSPS) is 19.8. The molecule has 2 aromatic rings. The highest BCUT2D eigenvalue weighted by Gasteiger charge is 2.28. The zero-order valence-corrected chi connectivity index (χ0v) is 15.5. The van der Waals surface area contributed by atoms with Crippen molar-refractivity contribution >= 4 is 46.4 Å². The standard InChI is InChI=1S/C16H18ClN3O2S.ClH/c1-9-14(6-10-3-2-4-11(17)5-10)23-16(19-9)20-15(22)13-7-12(21)8-18-13;/h2-5,12-13,18,21H,6-8H2,1H3,(H,19,20,22);1H/t12-,13+;/m0./s1. The summed E-state index contributed by atoms with van der Waals surface area (Å²) in [7, 11) is 0. The highest BCUT2D eigenvalue weighted by molar-refractivity contribution is 7.15. The quantitative estimate of drug-likeness (QED) is 0.753. The number of anilines is 1. The smallest absolute Gasteiger partial charge is 0.243 e. The SMILES string of the molecule is Cc1nc(NC(=O)[C@H]2C[C@H](O)CN2)sc1Cc1cccc(Cl)c1.Cl. The maximum atomic E-state index is 12.1. The molecular formula is C16H19Cl2N3O2S. The number of hydrogen-bond acceptors (Lipinski definition) is 5. The number of thiazole rings is 1. The van der Waals surface area contributed by atoms with Crippen molar-refractivity contribution in [2.75, 3.05) is 11.9 Å². The molecule has 1 aliphatic heterocycles. The minimum absolute atomic E-state index is 0. The molecule has 130 valence electrons. The fourth-order valence-electron chi connectivity index (χ4n) is 2.59. The fourth-order valence-corrected chi connectivity index (χ4v) is 3.80. The van der Waals surface area contributed by atoms with Crippen molar-refractivity contribution < 1.29 is 9.90 Å². The lowest BCUT2D eigenvalue weighted by atomic mass is 10.1. The predicted octanol–water partition coefficient (Wildman–Crippen LogP) is 2.78. The summed E-state index contributed by atoms with van der Waals surface area (Å²) in [4.78, 5) is 17.7. The number of carbonyl (C=O) groups is 1. The summed E-state index contributed by atoms with van der Waals surface area (Å²) in [5.74, 6) is -0.149. The van der Waals surface area contributed by atoms with Crippen LogP contribution < -0.4 is 10.6 Å². The van der Waals surface area contributed by atoms with Crippen molar-refractivity contribution in [3.63, 3.8) is 0 Å². The minimum atomic E-state index is -0.456. The van der Waals surface area contributed by atoms with Gasteiger partial charge in [-0.3, -0.25) is 4.79 Å². The Morgan fingerprint density at radius 3 is 3.00 bits per heavy atom. The van der Waals surface area contributed by atoms with Crippen molar-refractivity contribution in [2.45, 2.75) is 31.9 Å². The highest BCUT2D eigenvalue weighted by atomic mass is 35.5. The maximum absolute atomic E-state index is 12.1. The Hall–Kier alpha value is -1.18. The van der Waals surface area contributed by atoms with E-state index in [2.05, 4.69) is 15.6 Å². The van der Waals surface area contributed by atoms with Crippen LogP contribution in [0.25, 0.3) is 0 Å². The molecule has 3 N–H and O–H groups in total. The van der Waals surface area contributed by atoms with E-state index in [1.807, 2.05) is 31.2 Å². The van der Waals surface area contributed by atoms with Gasteiger partial charge < -0.3 is 15.7 Å². The molecule has 1 aliphatic rings. The van der Waals surface area contributed by atoms with Crippen molar-refractivity contribution in [2.24, 2.45) is 0 Å². The van der Waals surface area contributed by atoms with Gasteiger partial charge in [-0.2, -0.15) is 0 Å². The molecule has 2 heterocycles. The number of aromatic nitrogens is 1. The zero-order valence-electron chi connectivity index (χ0n) is 13.1. The van der Waals surface area contributed by atoms with Crippen molar-refractivity contribution in [1.29, 1.82) is 0 Å². The third-order valence-electron chi connectivity index (χ3n) is 3.80. The molecule has 0 unspecified atom stereocenters. The molecule has 0 saturated carbocycles. The van der Waals surface area contributed by atoms with E-state index in [1.165, 1.54) is 11.3 Å². The van der Waals surface area contributed by atoms with Crippen LogP contribution in [0, 0.1) is 6.92 Å². The van der Waals surface area contributed by atoms with Crippen molar-refractivity contribution in [3.05, 3.63) is 45.4 Å². The van der Waals surface area contributed by atoms with E-state index >= 15 is 0 Å². The molecule has 0 spiro atoms. The summed E-state index contributed by atoms with van der Waals surface area (Å²) in [6.45, 7) is 2.39. The number of halogens is 2. The third kappa shape index (κ3) is 4.68. The zero-order chi connectivity index (χ0) is 16.4. The number of hydrogen-bond donors (Lipinski definition) is 3. The summed E-state index contributed by atoms with van der Waals surface area (Å²) in [5.41, 5.74) is 2.02. The molecule has 1 amide bonds. The summed E-state index contributed by atoms with van der Waals surface area (Å²) >= 11 is 7.48. The molecule has 1 aromatic carbocycles. The Labute approximate surface area is 155 Å². The van der Waals surface area contributed by atoms with Gasteiger partial charge in [0.2, 0.25) is 5.91 Å². The average Bonchev–Trinajstić information content (AvgIpc) is 3.06. The fraction of sp³-hybridized carbons (Fsp3) is 0.375. The van der Waals surface area contributed by atoms with Gasteiger partial charge in [-0.1, -0.05) is 23.7 Å². The lowest BCUT2D eigenvalue weighted by Crippen LogP contribution is -2.35. The lowest BCUT2D eigenvalue weighted by Gasteiger charge is -2.08. The number of β-amino-alcohol motifs (C(OH)–C–C–N with tert-alkyl or cyclic N) is 1. The lowest BCUT2D eigenvalue weighted by molar-refractivity contribution is -0.117. The Morgan fingerprint density at radius 2 is 2.33 bits per heavy atom. The van der Waals surface area contributed by atoms with Crippen LogP contribution in [-0.4, -0.2) is 34.7 Å². The van der Waals surface area contributed by atoms with Crippen LogP contribution in [0.2, 0.25) is 5.02 Å². The topological polar surface area (TPSA) is 74.2 Å². The molecule has 3 rings (SSSR count). The van der Waals surface area contributed by atoms with E-state index in [1.54, 1.807) is 0 Å². The van der Waals surface area contributed by atoms with Gasteiger partial charge in [0.25, 0.3) is 0 Å². The molecule has 5 nitrogen and oxygen atoms in total. The average molecular weight is 388 g/mol. The molecular weight excluding hydrogens is 369 g/mol. The highest BCUT2D eigenvalue weighted by Crippen LogP contribution is 2.26. The first-order valence-electron chi connectivity index (χ1n) is 7.44. The number of carbonyl (C=O) groups excluding carboxylic acids is 1. The Bertz CT molecular complexity index is 723. The second-order valence-electron chi connectivity index (χ2n) is 5.67. The molecule has 1 fully saturated rings. The van der Waals surface area contributed by atoms with Gasteiger partial charge in [0, 0.05) is 22.9 Å². The number of aryl methyl sites for hydroxylation is 1. The minimum Gasteiger partial charge on any atom is -0.392 e. The molecule has 1 saturated heterocycles. The van der Waals surface area contributed by atoms with E-state index in [9.17, 15) is 9.90 Å². The van der Waals surface area contributed by atoms with E-state index < -0.39 is 6.10 Å². The molecule has 0 aliphatic carbocycles. The van der Waals surface area contributed by atoms with Gasteiger partial charge in [0.1, 0.15) is 0 Å². The monoisotopic (exact) mass is 387 g/mol. The van der Waals surface area contributed by atoms with Crippen LogP contribution in [0.1, 0.15) is 22.6 Å².